The Morgan fingerprint density at radius 2 is 1.84 bits per heavy atom. The van der Waals surface area contributed by atoms with E-state index in [1.54, 1.807) is 6.07 Å². The monoisotopic (exact) mass is 571 g/mol. The van der Waals surface area contributed by atoms with Crippen LogP contribution in [0, 0.1) is 0 Å². The standard InChI is InChI=1S/C22H28ClN3O3S2.C3H6O3/c23-17-5-2-1-4-15(17)8-10-24-9-3-12-30-13-11-25-14-19(28)16-6-7-18(27)20-21(16)31-22(29)26-20;1-2(4)3(5)6/h1-2,4-7,19,24-25,27-28H,3,8-14H2,(H,26,29);2,4H,1H3,(H,5,6)/t19-;2-/m00/s1. The van der Waals surface area contributed by atoms with E-state index in [2.05, 4.69) is 21.7 Å². The molecule has 1 aromatic heterocycles. The number of thioether (sulfide) groups is 1. The normalized spacial score (nSPS) is 12.6. The zero-order valence-electron chi connectivity index (χ0n) is 20.6. The molecule has 37 heavy (non-hydrogen) atoms. The summed E-state index contributed by atoms with van der Waals surface area (Å²) in [5.41, 5.74) is 2.22. The van der Waals surface area contributed by atoms with Gasteiger partial charge in [-0.25, -0.2) is 4.79 Å². The zero-order chi connectivity index (χ0) is 27.2. The lowest BCUT2D eigenvalue weighted by atomic mass is 10.1. The van der Waals surface area contributed by atoms with Crippen molar-refractivity contribution in [2.75, 3.05) is 37.7 Å². The topological polar surface area (TPSA) is 155 Å². The van der Waals surface area contributed by atoms with E-state index >= 15 is 0 Å². The highest BCUT2D eigenvalue weighted by atomic mass is 35.5. The van der Waals surface area contributed by atoms with Crippen LogP contribution in [0.15, 0.2) is 41.2 Å². The van der Waals surface area contributed by atoms with Gasteiger partial charge in [-0.2, -0.15) is 11.8 Å². The fourth-order valence-electron chi connectivity index (χ4n) is 3.25. The first kappa shape index (κ1) is 31.1. The molecule has 0 aliphatic carbocycles. The van der Waals surface area contributed by atoms with Gasteiger partial charge in [0.25, 0.3) is 0 Å². The van der Waals surface area contributed by atoms with Crippen LogP contribution in [-0.4, -0.2) is 75.2 Å². The molecule has 3 rings (SSSR count). The van der Waals surface area contributed by atoms with Gasteiger partial charge in [0.2, 0.25) is 0 Å². The fraction of sp³-hybridized carbons (Fsp3) is 0.440. The SMILES string of the molecule is C[C@H](O)C(=O)O.O=c1[nH]c2c(O)ccc([C@@H](O)CNCCSCCCNCCc3ccccc3Cl)c2s1. The molecule has 7 N–H and O–H groups in total. The van der Waals surface area contributed by atoms with Crippen LogP contribution >= 0.6 is 34.7 Å². The number of fused-ring (bicyclic) bond motifs is 1. The number of hydrogen-bond donors (Lipinski definition) is 7. The number of aliphatic hydroxyl groups is 2. The molecule has 12 heteroatoms. The number of hydrogen-bond acceptors (Lipinski definition) is 9. The summed E-state index contributed by atoms with van der Waals surface area (Å²) in [6.07, 6.45) is 0.0755. The van der Waals surface area contributed by atoms with Crippen molar-refractivity contribution in [2.45, 2.75) is 32.0 Å². The van der Waals surface area contributed by atoms with Crippen LogP contribution in [0.25, 0.3) is 10.2 Å². The molecule has 3 aromatic rings. The van der Waals surface area contributed by atoms with E-state index < -0.39 is 18.2 Å². The smallest absolute Gasteiger partial charge is 0.332 e. The third kappa shape index (κ3) is 11.0. The van der Waals surface area contributed by atoms with Gasteiger partial charge in [-0.15, -0.1) is 0 Å². The van der Waals surface area contributed by atoms with Gasteiger partial charge in [-0.05, 0) is 56.3 Å². The fourth-order valence-corrected chi connectivity index (χ4v) is 5.23. The average Bonchev–Trinajstić information content (AvgIpc) is 3.26. The van der Waals surface area contributed by atoms with Crippen LogP contribution in [0.1, 0.15) is 30.6 Å². The second-order valence-corrected chi connectivity index (χ2v) is 10.8. The largest absolute Gasteiger partial charge is 0.506 e. The first-order valence-electron chi connectivity index (χ1n) is 11.9. The number of aliphatic hydroxyl groups excluding tert-OH is 2. The maximum atomic E-state index is 11.6. The van der Waals surface area contributed by atoms with E-state index in [0.29, 0.717) is 22.3 Å². The minimum atomic E-state index is -1.23. The second kappa shape index (κ2) is 16.7. The molecule has 0 fully saturated rings. The molecule has 9 nitrogen and oxygen atoms in total. The first-order valence-corrected chi connectivity index (χ1v) is 14.2. The molecule has 2 atom stereocenters. The Hall–Kier alpha value is -2.12. The van der Waals surface area contributed by atoms with E-state index in [9.17, 15) is 19.8 Å². The average molecular weight is 572 g/mol. The van der Waals surface area contributed by atoms with E-state index in [0.717, 1.165) is 60.3 Å². The Kier molecular flexibility index (Phi) is 14.0. The lowest BCUT2D eigenvalue weighted by Crippen LogP contribution is -2.24. The van der Waals surface area contributed by atoms with Crippen LogP contribution in [0.4, 0.5) is 0 Å². The van der Waals surface area contributed by atoms with Gasteiger partial charge in [0.05, 0.1) is 10.8 Å². The molecule has 0 bridgehead atoms. The number of halogens is 1. The van der Waals surface area contributed by atoms with E-state index in [4.69, 9.17) is 21.8 Å². The maximum Gasteiger partial charge on any atom is 0.332 e. The first-order chi connectivity index (χ1) is 17.7. The van der Waals surface area contributed by atoms with Gasteiger partial charge < -0.3 is 36.0 Å². The van der Waals surface area contributed by atoms with Crippen molar-refractivity contribution in [1.29, 1.82) is 0 Å². The van der Waals surface area contributed by atoms with Crippen LogP contribution in [-0.2, 0) is 11.2 Å². The molecule has 0 spiro atoms. The summed E-state index contributed by atoms with van der Waals surface area (Å²) in [7, 11) is 0. The molecule has 0 saturated heterocycles. The van der Waals surface area contributed by atoms with Crippen LogP contribution in [0.2, 0.25) is 5.02 Å². The highest BCUT2D eigenvalue weighted by Crippen LogP contribution is 2.31. The van der Waals surface area contributed by atoms with Gasteiger partial charge in [0.1, 0.15) is 17.4 Å². The number of phenolic OH excluding ortho intramolecular Hbond substituents is 1. The van der Waals surface area contributed by atoms with E-state index in [1.807, 2.05) is 30.0 Å². The summed E-state index contributed by atoms with van der Waals surface area (Å²) in [5, 5.41) is 43.6. The molecule has 0 amide bonds. The minimum Gasteiger partial charge on any atom is -0.506 e. The lowest BCUT2D eigenvalue weighted by molar-refractivity contribution is -0.145. The molecule has 0 aliphatic heterocycles. The number of carboxylic acid groups (broad SMARTS) is 1. The summed E-state index contributed by atoms with van der Waals surface area (Å²) >= 11 is 9.04. The van der Waals surface area contributed by atoms with E-state index in [-0.39, 0.29) is 10.6 Å². The summed E-state index contributed by atoms with van der Waals surface area (Å²) in [5.74, 6) is 0.885. The molecule has 1 heterocycles. The number of phenols is 1. The summed E-state index contributed by atoms with van der Waals surface area (Å²) < 4.78 is 0.607. The van der Waals surface area contributed by atoms with Gasteiger partial charge in [-0.1, -0.05) is 47.2 Å². The summed E-state index contributed by atoms with van der Waals surface area (Å²) in [6, 6.07) is 11.1. The van der Waals surface area contributed by atoms with E-state index in [1.165, 1.54) is 18.6 Å². The molecule has 0 saturated carbocycles. The Morgan fingerprint density at radius 3 is 2.54 bits per heavy atom. The van der Waals surface area contributed by atoms with Crippen LogP contribution < -0.4 is 15.5 Å². The number of nitrogens with one attached hydrogen (secondary N) is 3. The number of H-pyrrole nitrogens is 1. The Morgan fingerprint density at radius 1 is 1.11 bits per heavy atom. The number of carboxylic acids is 1. The van der Waals surface area contributed by atoms with Gasteiger partial charge in [0.15, 0.2) is 0 Å². The molecular weight excluding hydrogens is 538 g/mol. The molecule has 0 radical (unpaired) electrons. The number of aliphatic carboxylic acids is 1. The van der Waals surface area contributed by atoms with Crippen molar-refractivity contribution in [3.8, 4) is 5.75 Å². The van der Waals surface area contributed by atoms with Crippen molar-refractivity contribution in [2.24, 2.45) is 0 Å². The molecular formula is C25H34ClN3O6S2. The maximum absolute atomic E-state index is 11.6. The third-order valence-electron chi connectivity index (χ3n) is 5.24. The predicted octanol–water partition coefficient (Wildman–Crippen LogP) is 2.98. The Labute approximate surface area is 228 Å². The number of aromatic amines is 1. The van der Waals surface area contributed by atoms with Gasteiger partial charge in [0, 0.05) is 29.4 Å². The predicted molar refractivity (Wildman–Crippen MR) is 151 cm³/mol. The Bertz CT molecular complexity index is 1170. The van der Waals surface area contributed by atoms with Crippen LogP contribution in [0.3, 0.4) is 0 Å². The second-order valence-electron chi connectivity index (χ2n) is 8.18. The lowest BCUT2D eigenvalue weighted by Gasteiger charge is -2.13. The number of aromatic nitrogens is 1. The Balaban J connectivity index is 0.000000717. The van der Waals surface area contributed by atoms with Crippen molar-refractivity contribution in [3.63, 3.8) is 0 Å². The number of thiazole rings is 1. The molecule has 2 aromatic carbocycles. The summed E-state index contributed by atoms with van der Waals surface area (Å²) in [6.45, 7) is 4.30. The molecule has 0 aliphatic rings. The number of benzene rings is 2. The van der Waals surface area contributed by atoms with Crippen molar-refractivity contribution in [3.05, 3.63) is 62.2 Å². The van der Waals surface area contributed by atoms with Crippen molar-refractivity contribution < 1.29 is 25.2 Å². The highest BCUT2D eigenvalue weighted by molar-refractivity contribution is 7.99. The third-order valence-corrected chi connectivity index (χ3v) is 7.61. The van der Waals surface area contributed by atoms with Crippen molar-refractivity contribution >= 4 is 50.9 Å². The molecule has 204 valence electrons. The number of carbonyl (C=O) groups is 1. The van der Waals surface area contributed by atoms with Crippen LogP contribution in [0.5, 0.6) is 5.75 Å². The van der Waals surface area contributed by atoms with Crippen molar-refractivity contribution in [1.82, 2.24) is 15.6 Å². The molecule has 0 unspecified atom stereocenters. The summed E-state index contributed by atoms with van der Waals surface area (Å²) in [4.78, 5) is 23.4. The number of rotatable bonds is 14. The minimum absolute atomic E-state index is 0.0204. The van der Waals surface area contributed by atoms with Gasteiger partial charge in [-0.3, -0.25) is 4.79 Å². The highest BCUT2D eigenvalue weighted by Gasteiger charge is 2.15. The quantitative estimate of drug-likeness (QED) is 0.145. The zero-order valence-corrected chi connectivity index (χ0v) is 23.0. The van der Waals surface area contributed by atoms with Gasteiger partial charge >= 0.3 is 10.8 Å². The number of aromatic hydroxyl groups is 1.